The second-order valence-electron chi connectivity index (χ2n) is 5.09. The highest BCUT2D eigenvalue weighted by Crippen LogP contribution is 2.64. The summed E-state index contributed by atoms with van der Waals surface area (Å²) in [6.45, 7) is 6.74. The van der Waals surface area contributed by atoms with Crippen LogP contribution in [0, 0.1) is 23.2 Å². The van der Waals surface area contributed by atoms with Crippen LogP contribution in [0.1, 0.15) is 33.6 Å². The van der Waals surface area contributed by atoms with Crippen molar-refractivity contribution >= 4 is 6.29 Å². The van der Waals surface area contributed by atoms with Crippen LogP contribution < -0.4 is 0 Å². The van der Waals surface area contributed by atoms with E-state index in [2.05, 4.69) is 26.8 Å². The number of aldehydes is 1. The average Bonchev–Trinajstić information content (AvgIpc) is 2.68. The van der Waals surface area contributed by atoms with Crippen LogP contribution in [0.2, 0.25) is 0 Å². The Hall–Kier alpha value is -0.590. The quantitative estimate of drug-likeness (QED) is 0.469. The monoisotopic (exact) mass is 178 g/mol. The number of allylic oxidation sites excluding steroid dienone is 2. The topological polar surface area (TPSA) is 17.1 Å². The van der Waals surface area contributed by atoms with Crippen LogP contribution in [-0.2, 0) is 4.79 Å². The zero-order valence-corrected chi connectivity index (χ0v) is 8.71. The van der Waals surface area contributed by atoms with Crippen molar-refractivity contribution in [1.29, 1.82) is 0 Å². The predicted molar refractivity (Wildman–Crippen MR) is 53.3 cm³/mol. The molecule has 0 saturated heterocycles. The zero-order valence-electron chi connectivity index (χ0n) is 8.71. The van der Waals surface area contributed by atoms with E-state index in [9.17, 15) is 4.79 Å². The molecule has 0 amide bonds. The van der Waals surface area contributed by atoms with E-state index in [0.29, 0.717) is 23.2 Å². The summed E-state index contributed by atoms with van der Waals surface area (Å²) >= 11 is 0. The van der Waals surface area contributed by atoms with Crippen molar-refractivity contribution in [1.82, 2.24) is 0 Å². The van der Waals surface area contributed by atoms with E-state index in [1.807, 2.05) is 0 Å². The minimum atomic E-state index is 0.323. The van der Waals surface area contributed by atoms with Gasteiger partial charge in [0.2, 0.25) is 0 Å². The molecule has 2 aliphatic rings. The van der Waals surface area contributed by atoms with E-state index in [-0.39, 0.29) is 0 Å². The smallest absolute Gasteiger partial charge is 0.124 e. The number of carbonyl (C=O) groups excluding carboxylic acids is 1. The molecule has 2 rings (SSSR count). The minimum absolute atomic E-state index is 0.323. The van der Waals surface area contributed by atoms with Crippen molar-refractivity contribution in [2.75, 3.05) is 0 Å². The molecule has 1 fully saturated rings. The first-order chi connectivity index (χ1) is 6.09. The first-order valence-electron chi connectivity index (χ1n) is 5.25. The molecule has 1 heteroatoms. The van der Waals surface area contributed by atoms with Crippen LogP contribution in [0.15, 0.2) is 11.6 Å². The highest BCUT2D eigenvalue weighted by atomic mass is 16.1. The largest absolute Gasteiger partial charge is 0.303 e. The lowest BCUT2D eigenvalue weighted by Crippen LogP contribution is -2.07. The zero-order chi connectivity index (χ0) is 9.64. The van der Waals surface area contributed by atoms with Gasteiger partial charge in [0.05, 0.1) is 0 Å². The standard InChI is InChI=1S/C12H18O/c1-8(2)9-4-5-12(3)10(6-9)11(12)7-13/h6-8,10-11H,4-5H2,1-3H3. The maximum absolute atomic E-state index is 10.8. The number of fused-ring (bicyclic) bond motifs is 1. The molecule has 0 N–H and O–H groups in total. The minimum Gasteiger partial charge on any atom is -0.303 e. The number of hydrogen-bond acceptors (Lipinski definition) is 1. The van der Waals surface area contributed by atoms with Gasteiger partial charge >= 0.3 is 0 Å². The van der Waals surface area contributed by atoms with Crippen molar-refractivity contribution < 1.29 is 4.79 Å². The van der Waals surface area contributed by atoms with E-state index in [1.54, 1.807) is 5.57 Å². The number of rotatable bonds is 2. The Bertz CT molecular complexity index is 264. The van der Waals surface area contributed by atoms with Gasteiger partial charge < -0.3 is 4.79 Å². The Balaban J connectivity index is 2.17. The van der Waals surface area contributed by atoms with Gasteiger partial charge in [0.1, 0.15) is 6.29 Å². The normalized spacial score (nSPS) is 42.6. The van der Waals surface area contributed by atoms with Gasteiger partial charge in [0.15, 0.2) is 0 Å². The van der Waals surface area contributed by atoms with Gasteiger partial charge in [0, 0.05) is 5.92 Å². The second kappa shape index (κ2) is 2.70. The maximum atomic E-state index is 10.8. The summed E-state index contributed by atoms with van der Waals surface area (Å²) < 4.78 is 0. The Morgan fingerprint density at radius 3 is 2.85 bits per heavy atom. The average molecular weight is 178 g/mol. The van der Waals surface area contributed by atoms with Crippen LogP contribution in [0.25, 0.3) is 0 Å². The molecular formula is C12H18O. The Morgan fingerprint density at radius 2 is 2.31 bits per heavy atom. The molecule has 3 atom stereocenters. The van der Waals surface area contributed by atoms with Crippen LogP contribution in [0.4, 0.5) is 0 Å². The number of hydrogen-bond donors (Lipinski definition) is 0. The summed E-state index contributed by atoms with van der Waals surface area (Å²) in [5.41, 5.74) is 1.90. The van der Waals surface area contributed by atoms with Crippen LogP contribution in [-0.4, -0.2) is 6.29 Å². The molecule has 13 heavy (non-hydrogen) atoms. The van der Waals surface area contributed by atoms with E-state index in [1.165, 1.54) is 12.8 Å². The Morgan fingerprint density at radius 1 is 1.62 bits per heavy atom. The Labute approximate surface area is 80.2 Å². The van der Waals surface area contributed by atoms with Gasteiger partial charge in [-0.2, -0.15) is 0 Å². The molecule has 0 aromatic heterocycles. The van der Waals surface area contributed by atoms with E-state index >= 15 is 0 Å². The Kier molecular flexibility index (Phi) is 1.86. The SMILES string of the molecule is CC(C)C1=CC2C(C=O)C2(C)CC1. The van der Waals surface area contributed by atoms with Gasteiger partial charge in [0.25, 0.3) is 0 Å². The fraction of sp³-hybridized carbons (Fsp3) is 0.750. The molecule has 1 saturated carbocycles. The molecule has 1 nitrogen and oxygen atoms in total. The van der Waals surface area contributed by atoms with E-state index < -0.39 is 0 Å². The molecule has 0 aromatic carbocycles. The molecule has 72 valence electrons. The fourth-order valence-electron chi connectivity index (χ4n) is 2.71. The van der Waals surface area contributed by atoms with E-state index in [0.717, 1.165) is 6.29 Å². The molecule has 2 aliphatic carbocycles. The summed E-state index contributed by atoms with van der Waals surface area (Å²) in [5, 5.41) is 0. The summed E-state index contributed by atoms with van der Waals surface area (Å²) in [6, 6.07) is 0. The lowest BCUT2D eigenvalue weighted by molar-refractivity contribution is -0.109. The third kappa shape index (κ3) is 1.17. The van der Waals surface area contributed by atoms with Gasteiger partial charge in [-0.25, -0.2) is 0 Å². The maximum Gasteiger partial charge on any atom is 0.124 e. The van der Waals surface area contributed by atoms with Crippen LogP contribution in [0.3, 0.4) is 0 Å². The molecule has 0 bridgehead atoms. The molecule has 0 radical (unpaired) electrons. The van der Waals surface area contributed by atoms with Gasteiger partial charge in [-0.05, 0) is 30.1 Å². The third-order valence-electron chi connectivity index (χ3n) is 4.03. The molecule has 0 aliphatic heterocycles. The first-order valence-corrected chi connectivity index (χ1v) is 5.25. The summed E-state index contributed by atoms with van der Waals surface area (Å²) in [7, 11) is 0. The van der Waals surface area contributed by atoms with Gasteiger partial charge in [-0.1, -0.05) is 32.4 Å². The molecule has 0 heterocycles. The van der Waals surface area contributed by atoms with Gasteiger partial charge in [-0.3, -0.25) is 0 Å². The van der Waals surface area contributed by atoms with Crippen molar-refractivity contribution in [3.05, 3.63) is 11.6 Å². The van der Waals surface area contributed by atoms with Crippen molar-refractivity contribution in [3.63, 3.8) is 0 Å². The highest BCUT2D eigenvalue weighted by Gasteiger charge is 2.60. The van der Waals surface area contributed by atoms with Crippen LogP contribution >= 0.6 is 0 Å². The summed E-state index contributed by atoms with van der Waals surface area (Å²) in [6.07, 6.45) is 5.94. The summed E-state index contributed by atoms with van der Waals surface area (Å²) in [4.78, 5) is 10.8. The molecule has 3 unspecified atom stereocenters. The van der Waals surface area contributed by atoms with Gasteiger partial charge in [-0.15, -0.1) is 0 Å². The molecule has 0 spiro atoms. The molecular weight excluding hydrogens is 160 g/mol. The second-order valence-corrected chi connectivity index (χ2v) is 5.09. The van der Waals surface area contributed by atoms with E-state index in [4.69, 9.17) is 0 Å². The van der Waals surface area contributed by atoms with Crippen molar-refractivity contribution in [3.8, 4) is 0 Å². The predicted octanol–water partition coefficient (Wildman–Crippen LogP) is 2.81. The molecule has 0 aromatic rings. The fourth-order valence-corrected chi connectivity index (χ4v) is 2.71. The van der Waals surface area contributed by atoms with Crippen LogP contribution in [0.5, 0.6) is 0 Å². The lowest BCUT2D eigenvalue weighted by Gasteiger charge is -2.20. The lowest BCUT2D eigenvalue weighted by atomic mass is 9.85. The summed E-state index contributed by atoms with van der Waals surface area (Å²) in [5.74, 6) is 1.55. The number of carbonyl (C=O) groups is 1. The van der Waals surface area contributed by atoms with Crippen molar-refractivity contribution in [2.45, 2.75) is 33.6 Å². The van der Waals surface area contributed by atoms with Crippen molar-refractivity contribution in [2.24, 2.45) is 23.2 Å². The highest BCUT2D eigenvalue weighted by molar-refractivity contribution is 5.63. The first kappa shape index (κ1) is 8.98. The third-order valence-corrected chi connectivity index (χ3v) is 4.03.